The van der Waals surface area contributed by atoms with Gasteiger partial charge < -0.3 is 15.0 Å². The minimum absolute atomic E-state index is 0.292. The van der Waals surface area contributed by atoms with Crippen molar-refractivity contribution in [2.24, 2.45) is 0 Å². The third-order valence-electron chi connectivity index (χ3n) is 4.07. The first-order chi connectivity index (χ1) is 10.2. The van der Waals surface area contributed by atoms with Crippen LogP contribution in [0, 0.1) is 0 Å². The topological polar surface area (TPSA) is 37.4 Å². The predicted molar refractivity (Wildman–Crippen MR) is 88.2 cm³/mol. The van der Waals surface area contributed by atoms with Gasteiger partial charge in [0.25, 0.3) is 0 Å². The monoisotopic (exact) mass is 309 g/mol. The van der Waals surface area contributed by atoms with Crippen molar-refractivity contribution in [1.82, 2.24) is 10.3 Å². The smallest absolute Gasteiger partial charge is 0.186 e. The van der Waals surface area contributed by atoms with E-state index in [9.17, 15) is 0 Å². The van der Waals surface area contributed by atoms with Gasteiger partial charge in [0.1, 0.15) is 0 Å². The second kappa shape index (κ2) is 6.63. The van der Waals surface area contributed by atoms with Crippen LogP contribution in [0.2, 0.25) is 0 Å². The van der Waals surface area contributed by atoms with Crippen molar-refractivity contribution < 1.29 is 4.74 Å². The molecule has 2 heterocycles. The van der Waals surface area contributed by atoms with Crippen LogP contribution in [0.1, 0.15) is 50.6 Å². The third kappa shape index (κ3) is 3.96. The number of morpholine rings is 1. The zero-order chi connectivity index (χ0) is 14.8. The van der Waals surface area contributed by atoms with E-state index in [0.717, 1.165) is 38.5 Å². The molecule has 2 fully saturated rings. The van der Waals surface area contributed by atoms with E-state index in [-0.39, 0.29) is 0 Å². The summed E-state index contributed by atoms with van der Waals surface area (Å²) in [6.45, 7) is 9.44. The van der Waals surface area contributed by atoms with Crippen molar-refractivity contribution in [2.45, 2.75) is 71.2 Å². The number of aromatic nitrogens is 1. The molecule has 1 aliphatic heterocycles. The standard InChI is InChI=1S/C16H27N3OS/c1-4-5-14-15(8-17-13-6-7-13)21-16(18-14)19-9-11(2)20-12(3)10-19/h11-13,17H,4-10H2,1-3H3/t11-,12+. The molecule has 0 radical (unpaired) electrons. The van der Waals surface area contributed by atoms with E-state index in [4.69, 9.17) is 9.72 Å². The lowest BCUT2D eigenvalue weighted by Crippen LogP contribution is -2.45. The highest BCUT2D eigenvalue weighted by molar-refractivity contribution is 7.15. The molecular formula is C16H27N3OS. The first kappa shape index (κ1) is 15.3. The minimum Gasteiger partial charge on any atom is -0.372 e. The number of aryl methyl sites for hydroxylation is 1. The molecule has 21 heavy (non-hydrogen) atoms. The highest BCUT2D eigenvalue weighted by Crippen LogP contribution is 2.30. The van der Waals surface area contributed by atoms with E-state index < -0.39 is 0 Å². The summed E-state index contributed by atoms with van der Waals surface area (Å²) >= 11 is 1.88. The lowest BCUT2D eigenvalue weighted by atomic mass is 10.2. The second-order valence-electron chi connectivity index (χ2n) is 6.43. The number of anilines is 1. The zero-order valence-electron chi connectivity index (χ0n) is 13.4. The second-order valence-corrected chi connectivity index (χ2v) is 7.50. The molecule has 2 aliphatic rings. The third-order valence-corrected chi connectivity index (χ3v) is 5.23. The van der Waals surface area contributed by atoms with Gasteiger partial charge in [-0.2, -0.15) is 0 Å². The lowest BCUT2D eigenvalue weighted by Gasteiger charge is -2.35. The van der Waals surface area contributed by atoms with Crippen molar-refractivity contribution >= 4 is 16.5 Å². The van der Waals surface area contributed by atoms with Gasteiger partial charge >= 0.3 is 0 Å². The summed E-state index contributed by atoms with van der Waals surface area (Å²) in [4.78, 5) is 8.78. The summed E-state index contributed by atoms with van der Waals surface area (Å²) in [5.74, 6) is 0. The van der Waals surface area contributed by atoms with E-state index in [1.165, 1.54) is 28.5 Å². The molecule has 0 aromatic carbocycles. The number of nitrogens with one attached hydrogen (secondary N) is 1. The van der Waals surface area contributed by atoms with Crippen molar-refractivity contribution in [3.8, 4) is 0 Å². The van der Waals surface area contributed by atoms with Gasteiger partial charge in [-0.15, -0.1) is 11.3 Å². The van der Waals surface area contributed by atoms with Gasteiger partial charge in [-0.05, 0) is 33.1 Å². The van der Waals surface area contributed by atoms with Crippen LogP contribution in [0.15, 0.2) is 0 Å². The molecule has 1 aromatic heterocycles. The molecule has 1 aromatic rings. The van der Waals surface area contributed by atoms with Crippen molar-refractivity contribution in [2.75, 3.05) is 18.0 Å². The fourth-order valence-electron chi connectivity index (χ4n) is 2.93. The minimum atomic E-state index is 0.292. The fourth-order valence-corrected chi connectivity index (χ4v) is 4.01. The molecule has 1 aliphatic carbocycles. The molecule has 0 spiro atoms. The molecule has 1 saturated heterocycles. The summed E-state index contributed by atoms with van der Waals surface area (Å²) in [6.07, 6.45) is 5.52. The maximum absolute atomic E-state index is 5.83. The highest BCUT2D eigenvalue weighted by atomic mass is 32.1. The number of hydrogen-bond acceptors (Lipinski definition) is 5. The predicted octanol–water partition coefficient (Wildman–Crippen LogP) is 2.96. The molecule has 3 rings (SSSR count). The normalized spacial score (nSPS) is 26.3. The molecule has 0 bridgehead atoms. The van der Waals surface area contributed by atoms with Crippen molar-refractivity contribution in [1.29, 1.82) is 0 Å². The Kier molecular flexibility index (Phi) is 4.82. The number of rotatable bonds is 6. The number of nitrogens with zero attached hydrogens (tertiary/aromatic N) is 2. The number of hydrogen-bond donors (Lipinski definition) is 1. The van der Waals surface area contributed by atoms with E-state index in [1.807, 2.05) is 11.3 Å². The highest BCUT2D eigenvalue weighted by Gasteiger charge is 2.26. The largest absolute Gasteiger partial charge is 0.372 e. The average Bonchev–Trinajstić information content (AvgIpc) is 3.17. The van der Waals surface area contributed by atoms with Crippen LogP contribution in [0.25, 0.3) is 0 Å². The van der Waals surface area contributed by atoms with E-state index in [1.54, 1.807) is 0 Å². The van der Waals surface area contributed by atoms with Crippen molar-refractivity contribution in [3.63, 3.8) is 0 Å². The summed E-state index contributed by atoms with van der Waals surface area (Å²) in [5.41, 5.74) is 1.30. The Labute approximate surface area is 131 Å². The van der Waals surface area contributed by atoms with E-state index >= 15 is 0 Å². The molecule has 5 heteroatoms. The summed E-state index contributed by atoms with van der Waals surface area (Å²) in [6, 6.07) is 0.758. The first-order valence-electron chi connectivity index (χ1n) is 8.28. The van der Waals surface area contributed by atoms with Gasteiger partial charge in [0.15, 0.2) is 5.13 Å². The van der Waals surface area contributed by atoms with Crippen LogP contribution in [0.4, 0.5) is 5.13 Å². The van der Waals surface area contributed by atoms with Gasteiger partial charge in [-0.1, -0.05) is 13.3 Å². The lowest BCUT2D eigenvalue weighted by molar-refractivity contribution is -0.00523. The Bertz CT molecular complexity index is 462. The molecule has 2 atom stereocenters. The van der Waals surface area contributed by atoms with Crippen LogP contribution < -0.4 is 10.2 Å². The van der Waals surface area contributed by atoms with Crippen LogP contribution in [0.5, 0.6) is 0 Å². The Morgan fingerprint density at radius 1 is 1.29 bits per heavy atom. The van der Waals surface area contributed by atoms with Crippen LogP contribution in [-0.4, -0.2) is 36.3 Å². The van der Waals surface area contributed by atoms with Crippen LogP contribution in [0.3, 0.4) is 0 Å². The summed E-state index contributed by atoms with van der Waals surface area (Å²) in [5, 5.41) is 4.82. The van der Waals surface area contributed by atoms with E-state index in [2.05, 4.69) is 31.0 Å². The molecule has 4 nitrogen and oxygen atoms in total. The maximum Gasteiger partial charge on any atom is 0.186 e. The quantitative estimate of drug-likeness (QED) is 0.876. The molecular weight excluding hydrogens is 282 g/mol. The zero-order valence-corrected chi connectivity index (χ0v) is 14.2. The molecule has 118 valence electrons. The number of thiazole rings is 1. The average molecular weight is 309 g/mol. The molecule has 0 amide bonds. The SMILES string of the molecule is CCCc1nc(N2C[C@@H](C)O[C@@H](C)C2)sc1CNC1CC1. The van der Waals surface area contributed by atoms with E-state index in [0.29, 0.717) is 12.2 Å². The summed E-state index contributed by atoms with van der Waals surface area (Å²) in [7, 11) is 0. The Hall–Kier alpha value is -0.650. The Morgan fingerprint density at radius 3 is 2.62 bits per heavy atom. The summed E-state index contributed by atoms with van der Waals surface area (Å²) < 4.78 is 5.83. The van der Waals surface area contributed by atoms with Crippen molar-refractivity contribution in [3.05, 3.63) is 10.6 Å². The van der Waals surface area contributed by atoms with Gasteiger partial charge in [0.05, 0.1) is 17.9 Å². The van der Waals surface area contributed by atoms with Gasteiger partial charge in [-0.3, -0.25) is 0 Å². The fraction of sp³-hybridized carbons (Fsp3) is 0.812. The van der Waals surface area contributed by atoms with Crippen LogP contribution in [-0.2, 0) is 17.7 Å². The van der Waals surface area contributed by atoms with Crippen LogP contribution >= 0.6 is 11.3 Å². The van der Waals surface area contributed by atoms with Gasteiger partial charge in [0, 0.05) is 30.6 Å². The molecule has 0 unspecified atom stereocenters. The Morgan fingerprint density at radius 2 is 2.00 bits per heavy atom. The molecule has 1 saturated carbocycles. The number of ether oxygens (including phenoxy) is 1. The maximum atomic E-state index is 5.83. The first-order valence-corrected chi connectivity index (χ1v) is 9.09. The van der Waals surface area contributed by atoms with Gasteiger partial charge in [0.2, 0.25) is 0 Å². The molecule has 1 N–H and O–H groups in total. The van der Waals surface area contributed by atoms with Gasteiger partial charge in [-0.25, -0.2) is 4.98 Å². The Balaban J connectivity index is 1.72.